The van der Waals surface area contributed by atoms with E-state index in [1.54, 1.807) is 0 Å². The van der Waals surface area contributed by atoms with Gasteiger partial charge in [0.25, 0.3) is 0 Å². The SMILES string of the molecule is C[C@H]1C[C@@H]2C(C3=NN4B(OCCC4(C)C)c4cnc5[nH]ccc5c43)[C@@H]3C[C@H]2[C@@](O)(C1)C3. The zero-order valence-electron chi connectivity index (χ0n) is 18.6. The Kier molecular flexibility index (Phi) is 3.57. The predicted octanol–water partition coefficient (Wildman–Crippen LogP) is 2.91. The molecular weight excluding hydrogens is 387 g/mol. The second-order valence-corrected chi connectivity index (χ2v) is 11.6. The highest BCUT2D eigenvalue weighted by Gasteiger charge is 2.64. The molecule has 5 aliphatic rings. The predicted molar refractivity (Wildman–Crippen MR) is 121 cm³/mol. The molecular formula is C24H31BN4O2. The molecule has 6 nitrogen and oxygen atoms in total. The van der Waals surface area contributed by atoms with E-state index < -0.39 is 5.60 Å². The van der Waals surface area contributed by atoms with Crippen LogP contribution in [0.2, 0.25) is 0 Å². The summed E-state index contributed by atoms with van der Waals surface area (Å²) < 4.78 is 6.29. The summed E-state index contributed by atoms with van der Waals surface area (Å²) in [4.78, 5) is 10.3. The zero-order valence-corrected chi connectivity index (χ0v) is 18.6. The highest BCUT2D eigenvalue weighted by atomic mass is 16.4. The molecule has 2 bridgehead atoms. The molecule has 0 radical (unpaired) electrons. The fraction of sp³-hybridized carbons (Fsp3) is 0.667. The number of hydrazone groups is 1. The molecule has 2 aliphatic heterocycles. The molecule has 2 aromatic rings. The van der Waals surface area contributed by atoms with Crippen molar-refractivity contribution in [3.05, 3.63) is 24.0 Å². The topological polar surface area (TPSA) is 73.7 Å². The van der Waals surface area contributed by atoms with Gasteiger partial charge in [-0.2, -0.15) is 5.10 Å². The summed E-state index contributed by atoms with van der Waals surface area (Å²) in [6, 6.07) is 2.15. The highest BCUT2D eigenvalue weighted by Crippen LogP contribution is 2.64. The lowest BCUT2D eigenvalue weighted by Crippen LogP contribution is -2.64. The fourth-order valence-electron chi connectivity index (χ4n) is 8.03. The molecule has 7 rings (SSSR count). The Morgan fingerprint density at radius 3 is 3.03 bits per heavy atom. The number of H-pyrrole nitrogens is 1. The lowest BCUT2D eigenvalue weighted by Gasteiger charge is -2.51. The van der Waals surface area contributed by atoms with Gasteiger partial charge in [0.1, 0.15) is 5.65 Å². The monoisotopic (exact) mass is 418 g/mol. The van der Waals surface area contributed by atoms with Crippen molar-refractivity contribution in [1.29, 1.82) is 0 Å². The van der Waals surface area contributed by atoms with E-state index in [1.807, 2.05) is 12.4 Å². The van der Waals surface area contributed by atoms with Gasteiger partial charge in [-0.3, -0.25) is 0 Å². The van der Waals surface area contributed by atoms with Gasteiger partial charge in [0.05, 0.1) is 11.3 Å². The Morgan fingerprint density at radius 2 is 2.16 bits per heavy atom. The first-order valence-corrected chi connectivity index (χ1v) is 12.0. The molecule has 2 aromatic heterocycles. The standard InChI is InChI=1S/C24H31BN4O2/c1-13-8-16-17-9-14(11-24(17,30)10-13)19(16)21-20-15-4-6-26-22(15)27-12-18(20)25-29(28-21)23(2,3)5-7-31-25/h4,6,12-14,16-17,19,30H,5,7-11H2,1-3H3,(H,26,27)/t13-,14+,16-,17+,19?,24+/m0/s1. The number of aromatic amines is 1. The van der Waals surface area contributed by atoms with Crippen LogP contribution in [0.3, 0.4) is 0 Å². The molecule has 0 amide bonds. The first kappa shape index (κ1) is 18.7. The van der Waals surface area contributed by atoms with Crippen LogP contribution < -0.4 is 5.46 Å². The Balaban J connectivity index is 1.43. The van der Waals surface area contributed by atoms with Gasteiger partial charge in [0.2, 0.25) is 0 Å². The molecule has 7 heteroatoms. The van der Waals surface area contributed by atoms with Crippen molar-refractivity contribution in [2.24, 2.45) is 34.7 Å². The van der Waals surface area contributed by atoms with E-state index in [9.17, 15) is 5.11 Å². The first-order valence-electron chi connectivity index (χ1n) is 12.0. The van der Waals surface area contributed by atoms with E-state index in [2.05, 4.69) is 36.7 Å². The van der Waals surface area contributed by atoms with Crippen molar-refractivity contribution in [3.8, 4) is 0 Å². The number of nitrogens with one attached hydrogen (secondary N) is 1. The number of pyridine rings is 1. The summed E-state index contributed by atoms with van der Waals surface area (Å²) in [6.07, 6.45) is 9.21. The van der Waals surface area contributed by atoms with Crippen LogP contribution >= 0.6 is 0 Å². The second kappa shape index (κ2) is 5.93. The summed E-state index contributed by atoms with van der Waals surface area (Å²) in [7, 11) is -0.171. The van der Waals surface area contributed by atoms with Crippen molar-refractivity contribution in [2.75, 3.05) is 6.61 Å². The Hall–Kier alpha value is -1.86. The van der Waals surface area contributed by atoms with Gasteiger partial charge in [-0.25, -0.2) is 4.98 Å². The van der Waals surface area contributed by atoms with Crippen LogP contribution in [0.25, 0.3) is 11.0 Å². The first-order chi connectivity index (χ1) is 14.9. The minimum atomic E-state index is -0.445. The van der Waals surface area contributed by atoms with Crippen molar-refractivity contribution in [1.82, 2.24) is 14.9 Å². The third-order valence-corrected chi connectivity index (χ3v) is 9.23. The molecule has 0 spiro atoms. The maximum Gasteiger partial charge on any atom is 0.471 e. The molecule has 31 heavy (non-hydrogen) atoms. The van der Waals surface area contributed by atoms with Crippen molar-refractivity contribution in [3.63, 3.8) is 0 Å². The Morgan fingerprint density at radius 1 is 1.29 bits per heavy atom. The van der Waals surface area contributed by atoms with Crippen molar-refractivity contribution in [2.45, 2.75) is 64.0 Å². The molecule has 162 valence electrons. The summed E-state index contributed by atoms with van der Waals surface area (Å²) in [5.41, 5.74) is 4.05. The third-order valence-electron chi connectivity index (χ3n) is 9.23. The van der Waals surface area contributed by atoms with Crippen LogP contribution in [-0.2, 0) is 4.65 Å². The molecule has 0 aromatic carbocycles. The Labute approximate surface area is 183 Å². The van der Waals surface area contributed by atoms with Crippen LogP contribution in [0.4, 0.5) is 0 Å². The van der Waals surface area contributed by atoms with Crippen LogP contribution in [-0.4, -0.2) is 50.5 Å². The molecule has 3 aliphatic carbocycles. The van der Waals surface area contributed by atoms with Crippen molar-refractivity contribution < 1.29 is 9.76 Å². The van der Waals surface area contributed by atoms with E-state index in [0.717, 1.165) is 48.8 Å². The number of nitrogens with zero attached hydrogens (tertiary/aromatic N) is 3. The van der Waals surface area contributed by atoms with E-state index in [4.69, 9.17) is 14.7 Å². The second-order valence-electron chi connectivity index (χ2n) is 11.6. The van der Waals surface area contributed by atoms with Crippen LogP contribution in [0.1, 0.15) is 58.4 Å². The molecule has 6 atom stereocenters. The third kappa shape index (κ3) is 2.37. The van der Waals surface area contributed by atoms with E-state index >= 15 is 0 Å². The average Bonchev–Trinajstić information content (AvgIpc) is 3.39. The molecule has 4 fully saturated rings. The van der Waals surface area contributed by atoms with Crippen molar-refractivity contribution >= 4 is 29.3 Å². The highest BCUT2D eigenvalue weighted by molar-refractivity contribution is 6.68. The van der Waals surface area contributed by atoms with Gasteiger partial charge in [-0.1, -0.05) is 6.92 Å². The number of aromatic nitrogens is 2. The zero-order chi connectivity index (χ0) is 21.1. The smallest absolute Gasteiger partial charge is 0.412 e. The number of fused-ring (bicyclic) bond motifs is 6. The van der Waals surface area contributed by atoms with Crippen LogP contribution in [0.15, 0.2) is 23.6 Å². The van der Waals surface area contributed by atoms with Gasteiger partial charge in [-0.15, -0.1) is 0 Å². The summed E-state index contributed by atoms with van der Waals surface area (Å²) in [5, 5.41) is 18.0. The molecule has 3 saturated carbocycles. The molecule has 1 unspecified atom stereocenters. The number of rotatable bonds is 1. The number of hydrogen-bond acceptors (Lipinski definition) is 5. The largest absolute Gasteiger partial charge is 0.471 e. The molecule has 2 N–H and O–H groups in total. The lowest BCUT2D eigenvalue weighted by atomic mass is 9.58. The summed E-state index contributed by atoms with van der Waals surface area (Å²) in [6.45, 7) is 7.61. The lowest BCUT2D eigenvalue weighted by molar-refractivity contribution is -0.0913. The average molecular weight is 418 g/mol. The quantitative estimate of drug-likeness (QED) is 0.699. The van der Waals surface area contributed by atoms with Gasteiger partial charge < -0.3 is 19.7 Å². The number of hydrogen-bond donors (Lipinski definition) is 2. The fourth-order valence-corrected chi connectivity index (χ4v) is 8.03. The minimum Gasteiger partial charge on any atom is -0.412 e. The summed E-state index contributed by atoms with van der Waals surface area (Å²) in [5.74, 6) is 2.45. The minimum absolute atomic E-state index is 0.0584. The Bertz CT molecular complexity index is 1110. The van der Waals surface area contributed by atoms with E-state index in [-0.39, 0.29) is 12.6 Å². The summed E-state index contributed by atoms with van der Waals surface area (Å²) >= 11 is 0. The molecule has 1 saturated heterocycles. The van der Waals surface area contributed by atoms with Gasteiger partial charge in [0, 0.05) is 46.9 Å². The van der Waals surface area contributed by atoms with Crippen LogP contribution in [0.5, 0.6) is 0 Å². The maximum absolute atomic E-state index is 11.4. The normalized spacial score (nSPS) is 40.1. The van der Waals surface area contributed by atoms with Gasteiger partial charge in [-0.05, 0) is 75.7 Å². The molecule has 4 heterocycles. The van der Waals surface area contributed by atoms with Gasteiger partial charge >= 0.3 is 7.05 Å². The van der Waals surface area contributed by atoms with E-state index in [0.29, 0.717) is 29.6 Å². The number of aliphatic hydroxyl groups is 1. The van der Waals surface area contributed by atoms with Crippen LogP contribution in [0, 0.1) is 29.6 Å². The van der Waals surface area contributed by atoms with E-state index in [1.165, 1.54) is 17.7 Å². The maximum atomic E-state index is 11.4. The van der Waals surface area contributed by atoms with Gasteiger partial charge in [0.15, 0.2) is 0 Å².